The third-order valence-electron chi connectivity index (χ3n) is 6.73. The lowest BCUT2D eigenvalue weighted by atomic mass is 9.78. The molecule has 1 aliphatic carbocycles. The normalized spacial score (nSPS) is 18.6. The first-order valence-corrected chi connectivity index (χ1v) is 12.6. The van der Waals surface area contributed by atoms with Gasteiger partial charge in [0.05, 0.1) is 19.8 Å². The number of benzene rings is 2. The van der Waals surface area contributed by atoms with Crippen molar-refractivity contribution in [3.63, 3.8) is 0 Å². The highest BCUT2D eigenvalue weighted by Crippen LogP contribution is 2.35. The van der Waals surface area contributed by atoms with E-state index in [1.54, 1.807) is 38.1 Å². The van der Waals surface area contributed by atoms with Gasteiger partial charge < -0.3 is 19.5 Å². The fraction of sp³-hybridized carbons (Fsp3) is 0.483. The van der Waals surface area contributed by atoms with Crippen LogP contribution in [0.25, 0.3) is 0 Å². The van der Waals surface area contributed by atoms with Crippen LogP contribution in [-0.2, 0) is 19.1 Å². The number of hydrogen-bond donors (Lipinski definition) is 1. The minimum atomic E-state index is -1.11. The Kier molecular flexibility index (Phi) is 9.51. The number of nitrogens with one attached hydrogen (secondary N) is 1. The largest absolute Gasteiger partial charge is 0.493 e. The molecule has 36 heavy (non-hydrogen) atoms. The van der Waals surface area contributed by atoms with E-state index in [9.17, 15) is 14.4 Å². The molecule has 1 aliphatic rings. The second-order valence-corrected chi connectivity index (χ2v) is 9.84. The van der Waals surface area contributed by atoms with Gasteiger partial charge in [0.25, 0.3) is 0 Å². The maximum Gasteiger partial charge on any atom is 0.349 e. The van der Waals surface area contributed by atoms with Crippen molar-refractivity contribution in [3.8, 4) is 11.5 Å². The van der Waals surface area contributed by atoms with Crippen LogP contribution in [-0.4, -0.2) is 43.0 Å². The number of hydrogen-bond acceptors (Lipinski definition) is 6. The van der Waals surface area contributed by atoms with Gasteiger partial charge in [-0.2, -0.15) is 0 Å². The average molecular weight is 496 g/mol. The van der Waals surface area contributed by atoms with Crippen LogP contribution in [0.15, 0.2) is 54.6 Å². The summed E-state index contributed by atoms with van der Waals surface area (Å²) < 4.78 is 16.2. The molecule has 3 rings (SSSR count). The number of rotatable bonds is 11. The predicted octanol–water partition coefficient (Wildman–Crippen LogP) is 4.83. The molecular formula is C29H37NO6. The van der Waals surface area contributed by atoms with E-state index in [2.05, 4.69) is 29.6 Å². The van der Waals surface area contributed by atoms with Crippen molar-refractivity contribution in [2.75, 3.05) is 13.7 Å². The van der Waals surface area contributed by atoms with Gasteiger partial charge in [-0.3, -0.25) is 9.59 Å². The molecular weight excluding hydrogens is 458 g/mol. The van der Waals surface area contributed by atoms with Gasteiger partial charge in [0, 0.05) is 12.3 Å². The molecule has 0 aliphatic heterocycles. The Bertz CT molecular complexity index is 1010. The second-order valence-electron chi connectivity index (χ2n) is 9.84. The summed E-state index contributed by atoms with van der Waals surface area (Å²) in [4.78, 5) is 36.8. The quantitative estimate of drug-likeness (QED) is 0.449. The highest BCUT2D eigenvalue weighted by Gasteiger charge is 2.31. The highest BCUT2D eigenvalue weighted by molar-refractivity contribution is 5.88. The lowest BCUT2D eigenvalue weighted by Crippen LogP contribution is -2.44. The minimum Gasteiger partial charge on any atom is -0.493 e. The van der Waals surface area contributed by atoms with E-state index < -0.39 is 17.6 Å². The van der Waals surface area contributed by atoms with Crippen LogP contribution in [0.1, 0.15) is 64.4 Å². The molecule has 2 aromatic rings. The fourth-order valence-corrected chi connectivity index (χ4v) is 4.56. The van der Waals surface area contributed by atoms with E-state index >= 15 is 0 Å². The molecule has 1 unspecified atom stereocenters. The summed E-state index contributed by atoms with van der Waals surface area (Å²) in [5.74, 6) is 0.948. The van der Waals surface area contributed by atoms with Crippen molar-refractivity contribution in [3.05, 3.63) is 60.2 Å². The second kappa shape index (κ2) is 12.6. The van der Waals surface area contributed by atoms with Gasteiger partial charge in [0.15, 0.2) is 11.4 Å². The lowest BCUT2D eigenvalue weighted by Gasteiger charge is -2.29. The van der Waals surface area contributed by atoms with Gasteiger partial charge in [-0.1, -0.05) is 30.3 Å². The zero-order valence-electron chi connectivity index (χ0n) is 21.6. The Labute approximate surface area is 213 Å². The molecule has 7 heteroatoms. The number of Topliss-reactive ketones (excluding diaryl/α,β-unsaturated/α-hetero) is 1. The van der Waals surface area contributed by atoms with Crippen molar-refractivity contribution in [1.82, 2.24) is 5.32 Å². The molecule has 1 atom stereocenters. The molecule has 0 aromatic heterocycles. The van der Waals surface area contributed by atoms with Crippen molar-refractivity contribution >= 4 is 17.7 Å². The summed E-state index contributed by atoms with van der Waals surface area (Å²) >= 11 is 0. The molecule has 1 fully saturated rings. The van der Waals surface area contributed by atoms with Crippen LogP contribution in [0.5, 0.6) is 11.5 Å². The molecule has 1 N–H and O–H groups in total. The van der Waals surface area contributed by atoms with E-state index in [1.807, 2.05) is 6.07 Å². The SMILES string of the molecule is COC(=O)C(C)(C)Oc1ccc(OCCC(NC(=O)C2CCC(c3ccccc3)CC2)C(C)=O)cc1. The number of ketones is 1. The summed E-state index contributed by atoms with van der Waals surface area (Å²) in [6.07, 6.45) is 3.99. The number of ether oxygens (including phenoxy) is 3. The molecule has 0 heterocycles. The average Bonchev–Trinajstić information content (AvgIpc) is 2.88. The lowest BCUT2D eigenvalue weighted by molar-refractivity contribution is -0.156. The van der Waals surface area contributed by atoms with Crippen LogP contribution in [0.3, 0.4) is 0 Å². The third-order valence-corrected chi connectivity index (χ3v) is 6.73. The summed E-state index contributed by atoms with van der Waals surface area (Å²) in [6.45, 7) is 5.04. The van der Waals surface area contributed by atoms with Gasteiger partial charge in [0.1, 0.15) is 11.5 Å². The first kappa shape index (κ1) is 27.2. The van der Waals surface area contributed by atoms with Crippen molar-refractivity contribution in [2.45, 2.75) is 70.4 Å². The van der Waals surface area contributed by atoms with Gasteiger partial charge in [-0.15, -0.1) is 0 Å². The summed E-state index contributed by atoms with van der Waals surface area (Å²) in [5.41, 5.74) is 0.229. The first-order valence-electron chi connectivity index (χ1n) is 12.6. The predicted molar refractivity (Wildman–Crippen MR) is 137 cm³/mol. The maximum absolute atomic E-state index is 12.9. The molecule has 1 saturated carbocycles. The number of carbonyl (C=O) groups excluding carboxylic acids is 3. The summed E-state index contributed by atoms with van der Waals surface area (Å²) in [7, 11) is 1.32. The molecule has 7 nitrogen and oxygen atoms in total. The monoisotopic (exact) mass is 495 g/mol. The van der Waals surface area contributed by atoms with Crippen LogP contribution >= 0.6 is 0 Å². The van der Waals surface area contributed by atoms with E-state index in [0.717, 1.165) is 25.7 Å². The Morgan fingerprint density at radius 3 is 2.14 bits per heavy atom. The molecule has 194 valence electrons. The molecule has 1 amide bonds. The third kappa shape index (κ3) is 7.57. The zero-order chi connectivity index (χ0) is 26.1. The molecule has 0 saturated heterocycles. The van der Waals surface area contributed by atoms with E-state index in [4.69, 9.17) is 14.2 Å². The Morgan fingerprint density at radius 2 is 1.56 bits per heavy atom. The Balaban J connectivity index is 1.44. The van der Waals surface area contributed by atoms with Crippen LogP contribution in [0.2, 0.25) is 0 Å². The summed E-state index contributed by atoms with van der Waals surface area (Å²) in [6, 6.07) is 16.7. The van der Waals surface area contributed by atoms with E-state index in [0.29, 0.717) is 23.8 Å². The molecule has 2 aromatic carbocycles. The number of esters is 1. The van der Waals surface area contributed by atoms with Crippen molar-refractivity contribution in [2.24, 2.45) is 5.92 Å². The Morgan fingerprint density at radius 1 is 0.944 bits per heavy atom. The number of amides is 1. The molecule has 0 spiro atoms. The fourth-order valence-electron chi connectivity index (χ4n) is 4.56. The topological polar surface area (TPSA) is 90.9 Å². The molecule has 0 bridgehead atoms. The number of methoxy groups -OCH3 is 1. The number of carbonyl (C=O) groups is 3. The maximum atomic E-state index is 12.9. The van der Waals surface area contributed by atoms with Crippen LogP contribution in [0, 0.1) is 5.92 Å². The highest BCUT2D eigenvalue weighted by atomic mass is 16.6. The first-order chi connectivity index (χ1) is 17.2. The summed E-state index contributed by atoms with van der Waals surface area (Å²) in [5, 5.41) is 2.95. The minimum absolute atomic E-state index is 0.0450. The van der Waals surface area contributed by atoms with Gasteiger partial charge >= 0.3 is 5.97 Å². The van der Waals surface area contributed by atoms with Crippen LogP contribution in [0.4, 0.5) is 0 Å². The van der Waals surface area contributed by atoms with Crippen LogP contribution < -0.4 is 14.8 Å². The standard InChI is InChI=1S/C29H37NO6/c1-20(31)26(30-27(32)23-12-10-22(11-13-23)21-8-6-5-7-9-21)18-19-35-24-14-16-25(17-15-24)36-29(2,3)28(33)34-4/h5-9,14-17,22-23,26H,10-13,18-19H2,1-4H3,(H,30,32). The van der Waals surface area contributed by atoms with Gasteiger partial charge in [-0.05, 0) is 82.2 Å². The zero-order valence-corrected chi connectivity index (χ0v) is 21.6. The van der Waals surface area contributed by atoms with E-state index in [-0.39, 0.29) is 24.2 Å². The Hall–Kier alpha value is -3.35. The molecule has 0 radical (unpaired) electrons. The smallest absolute Gasteiger partial charge is 0.349 e. The van der Waals surface area contributed by atoms with Gasteiger partial charge in [-0.25, -0.2) is 4.79 Å². The van der Waals surface area contributed by atoms with Crippen molar-refractivity contribution in [1.29, 1.82) is 0 Å². The van der Waals surface area contributed by atoms with E-state index in [1.165, 1.54) is 19.6 Å². The van der Waals surface area contributed by atoms with Gasteiger partial charge in [0.2, 0.25) is 5.91 Å². The van der Waals surface area contributed by atoms with Crippen molar-refractivity contribution < 1.29 is 28.6 Å².